The fourth-order valence-corrected chi connectivity index (χ4v) is 4.24. The molecule has 2 aliphatic heterocycles. The Morgan fingerprint density at radius 3 is 2.58 bits per heavy atom. The number of fused-ring (bicyclic) bond motifs is 2. The summed E-state index contributed by atoms with van der Waals surface area (Å²) in [6.45, 7) is -0.568. The summed E-state index contributed by atoms with van der Waals surface area (Å²) < 4.78 is 11.9. The third kappa shape index (κ3) is 3.07. The molecule has 10 heteroatoms. The highest BCUT2D eigenvalue weighted by atomic mass is 16.7. The van der Waals surface area contributed by atoms with Crippen molar-refractivity contribution in [3.05, 3.63) is 57.6 Å². The number of nitro benzene ring substituents is 1. The van der Waals surface area contributed by atoms with Crippen LogP contribution in [0.1, 0.15) is 46.4 Å². The van der Waals surface area contributed by atoms with Gasteiger partial charge in [0.1, 0.15) is 12.1 Å². The zero-order chi connectivity index (χ0) is 21.8. The van der Waals surface area contributed by atoms with Crippen LogP contribution >= 0.6 is 0 Å². The first-order valence-electron chi connectivity index (χ1n) is 9.82. The predicted octanol–water partition coefficient (Wildman–Crippen LogP) is 2.87. The van der Waals surface area contributed by atoms with Crippen molar-refractivity contribution in [3.8, 4) is 11.5 Å². The summed E-state index contributed by atoms with van der Waals surface area (Å²) in [4.78, 5) is 48.8. The maximum atomic E-state index is 12.6. The van der Waals surface area contributed by atoms with Gasteiger partial charge in [-0.25, -0.2) is 0 Å². The number of amides is 3. The minimum absolute atomic E-state index is 0.0862. The van der Waals surface area contributed by atoms with Gasteiger partial charge in [-0.2, -0.15) is 0 Å². The van der Waals surface area contributed by atoms with Gasteiger partial charge in [-0.1, -0.05) is 6.07 Å². The number of hydrogen-bond donors (Lipinski definition) is 1. The molecule has 2 heterocycles. The molecule has 2 aromatic rings. The molecule has 3 aliphatic rings. The van der Waals surface area contributed by atoms with Crippen LogP contribution < -0.4 is 14.8 Å². The lowest BCUT2D eigenvalue weighted by molar-refractivity contribution is -0.385. The average molecular weight is 423 g/mol. The number of ether oxygens (including phenoxy) is 2. The van der Waals surface area contributed by atoms with Crippen molar-refractivity contribution in [1.29, 1.82) is 0 Å². The number of anilines is 1. The number of carbonyl (C=O) groups excluding carboxylic acids is 3. The van der Waals surface area contributed by atoms with E-state index in [0.29, 0.717) is 22.1 Å². The minimum atomic E-state index is -0.865. The third-order valence-corrected chi connectivity index (χ3v) is 5.66. The summed E-state index contributed by atoms with van der Waals surface area (Å²) >= 11 is 0. The Morgan fingerprint density at radius 2 is 1.84 bits per heavy atom. The van der Waals surface area contributed by atoms with Crippen LogP contribution in [0.25, 0.3) is 0 Å². The largest absolute Gasteiger partial charge is 0.448 e. The molecule has 0 bridgehead atoms. The zero-order valence-electron chi connectivity index (χ0n) is 16.3. The lowest BCUT2D eigenvalue weighted by Crippen LogP contribution is -2.37. The molecule has 2 aromatic carbocycles. The normalized spacial score (nSPS) is 17.9. The first-order chi connectivity index (χ1) is 14.9. The van der Waals surface area contributed by atoms with Gasteiger partial charge in [0.25, 0.3) is 23.3 Å². The Bertz CT molecular complexity index is 1150. The molecule has 0 unspecified atom stereocenters. The molecule has 1 spiro atoms. The van der Waals surface area contributed by atoms with Gasteiger partial charge < -0.3 is 14.8 Å². The Kier molecular flexibility index (Phi) is 4.17. The number of carbonyl (C=O) groups is 3. The van der Waals surface area contributed by atoms with E-state index in [-0.39, 0.29) is 11.1 Å². The van der Waals surface area contributed by atoms with Crippen molar-refractivity contribution in [2.75, 3.05) is 11.9 Å². The zero-order valence-corrected chi connectivity index (χ0v) is 16.3. The van der Waals surface area contributed by atoms with E-state index < -0.39 is 40.7 Å². The lowest BCUT2D eigenvalue weighted by Gasteiger charge is -2.21. The maximum Gasteiger partial charge on any atom is 0.282 e. The fraction of sp³-hybridized carbons (Fsp3) is 0.286. The smallest absolute Gasteiger partial charge is 0.282 e. The predicted molar refractivity (Wildman–Crippen MR) is 106 cm³/mol. The molecule has 1 N–H and O–H groups in total. The molecular weight excluding hydrogens is 406 g/mol. The highest BCUT2D eigenvalue weighted by Crippen LogP contribution is 2.47. The molecular formula is C21H17N3O7. The minimum Gasteiger partial charge on any atom is -0.448 e. The van der Waals surface area contributed by atoms with Crippen LogP contribution in [-0.4, -0.2) is 39.9 Å². The van der Waals surface area contributed by atoms with Crippen molar-refractivity contribution < 1.29 is 28.8 Å². The molecule has 0 aromatic heterocycles. The standard InChI is InChI=1S/C21H17N3O7/c25-17(11-23-19(26)13-4-3-5-14(24(28)29)18(13)20(23)27)22-12-6-7-15-16(10-12)31-21(30-15)8-1-2-9-21/h3-7,10H,1-2,8-9,11H2,(H,22,25). The number of imide groups is 1. The SMILES string of the molecule is O=C(CN1C(=O)c2cccc([N+](=O)[O-])c2C1=O)Nc1ccc2c(c1)OC1(CCCC1)O2. The van der Waals surface area contributed by atoms with Crippen LogP contribution in [0.5, 0.6) is 11.5 Å². The molecule has 31 heavy (non-hydrogen) atoms. The van der Waals surface area contributed by atoms with Crippen molar-refractivity contribution >= 4 is 29.1 Å². The van der Waals surface area contributed by atoms with E-state index in [0.717, 1.165) is 31.7 Å². The summed E-state index contributed by atoms with van der Waals surface area (Å²) in [5.41, 5.74) is -0.424. The van der Waals surface area contributed by atoms with E-state index in [2.05, 4.69) is 5.32 Å². The van der Waals surface area contributed by atoms with E-state index in [1.807, 2.05) is 0 Å². The quantitative estimate of drug-likeness (QED) is 0.455. The summed E-state index contributed by atoms with van der Waals surface area (Å²) in [6.07, 6.45) is 3.65. The van der Waals surface area contributed by atoms with Crippen LogP contribution in [0.4, 0.5) is 11.4 Å². The molecule has 158 valence electrons. The van der Waals surface area contributed by atoms with Crippen LogP contribution in [0, 0.1) is 10.1 Å². The highest BCUT2D eigenvalue weighted by Gasteiger charge is 2.44. The van der Waals surface area contributed by atoms with Crippen molar-refractivity contribution in [1.82, 2.24) is 4.90 Å². The molecule has 0 atom stereocenters. The summed E-state index contributed by atoms with van der Waals surface area (Å²) in [5, 5.41) is 13.8. The molecule has 0 saturated heterocycles. The van der Waals surface area contributed by atoms with Gasteiger partial charge in [-0.15, -0.1) is 0 Å². The van der Waals surface area contributed by atoms with E-state index in [4.69, 9.17) is 9.47 Å². The summed E-state index contributed by atoms with van der Waals surface area (Å²) in [7, 11) is 0. The van der Waals surface area contributed by atoms with Crippen LogP contribution in [0.15, 0.2) is 36.4 Å². The molecule has 1 aliphatic carbocycles. The Balaban J connectivity index is 1.30. The number of hydrogen-bond acceptors (Lipinski definition) is 7. The van der Waals surface area contributed by atoms with Crippen LogP contribution in [0.3, 0.4) is 0 Å². The lowest BCUT2D eigenvalue weighted by atomic mass is 10.1. The summed E-state index contributed by atoms with van der Waals surface area (Å²) in [6, 6.07) is 8.78. The molecule has 1 saturated carbocycles. The van der Waals surface area contributed by atoms with Crippen molar-refractivity contribution in [2.45, 2.75) is 31.5 Å². The first kappa shape index (κ1) is 19.0. The Labute approximate surface area is 175 Å². The number of nitrogens with zero attached hydrogens (tertiary/aromatic N) is 2. The van der Waals surface area contributed by atoms with Gasteiger partial charge in [0.15, 0.2) is 11.5 Å². The fourth-order valence-electron chi connectivity index (χ4n) is 4.24. The van der Waals surface area contributed by atoms with Gasteiger partial charge in [0.2, 0.25) is 5.91 Å². The topological polar surface area (TPSA) is 128 Å². The van der Waals surface area contributed by atoms with Crippen LogP contribution in [-0.2, 0) is 4.79 Å². The van der Waals surface area contributed by atoms with E-state index in [1.54, 1.807) is 18.2 Å². The van der Waals surface area contributed by atoms with E-state index in [9.17, 15) is 24.5 Å². The molecule has 1 fully saturated rings. The van der Waals surface area contributed by atoms with Gasteiger partial charge in [0, 0.05) is 30.7 Å². The second-order valence-electron chi connectivity index (χ2n) is 7.68. The second-order valence-corrected chi connectivity index (χ2v) is 7.68. The number of rotatable bonds is 4. The molecule has 0 radical (unpaired) electrons. The van der Waals surface area contributed by atoms with E-state index in [1.165, 1.54) is 12.1 Å². The highest BCUT2D eigenvalue weighted by molar-refractivity contribution is 6.24. The average Bonchev–Trinajstić information content (AvgIpc) is 3.41. The Morgan fingerprint density at radius 1 is 1.10 bits per heavy atom. The summed E-state index contributed by atoms with van der Waals surface area (Å²) in [5.74, 6) is -1.72. The van der Waals surface area contributed by atoms with Crippen LogP contribution in [0.2, 0.25) is 0 Å². The number of benzene rings is 2. The Hall–Kier alpha value is -3.95. The molecule has 5 rings (SSSR count). The first-order valence-corrected chi connectivity index (χ1v) is 9.82. The van der Waals surface area contributed by atoms with Crippen molar-refractivity contribution in [3.63, 3.8) is 0 Å². The third-order valence-electron chi connectivity index (χ3n) is 5.66. The van der Waals surface area contributed by atoms with Gasteiger partial charge >= 0.3 is 0 Å². The maximum absolute atomic E-state index is 12.6. The number of nitrogens with one attached hydrogen (secondary N) is 1. The number of nitro groups is 1. The monoisotopic (exact) mass is 423 g/mol. The molecule has 3 amide bonds. The molecule has 10 nitrogen and oxygen atoms in total. The van der Waals surface area contributed by atoms with Gasteiger partial charge in [-0.3, -0.25) is 29.4 Å². The second kappa shape index (κ2) is 6.79. The van der Waals surface area contributed by atoms with E-state index >= 15 is 0 Å². The van der Waals surface area contributed by atoms with Gasteiger partial charge in [0.05, 0.1) is 10.5 Å². The van der Waals surface area contributed by atoms with Crippen molar-refractivity contribution in [2.24, 2.45) is 0 Å². The van der Waals surface area contributed by atoms with Gasteiger partial charge in [-0.05, 0) is 31.0 Å².